The summed E-state index contributed by atoms with van der Waals surface area (Å²) in [6, 6.07) is 8.31. The Labute approximate surface area is 104 Å². The van der Waals surface area contributed by atoms with Crippen molar-refractivity contribution in [2.45, 2.75) is 12.5 Å². The molecule has 0 bridgehead atoms. The van der Waals surface area contributed by atoms with Crippen molar-refractivity contribution in [2.75, 3.05) is 7.11 Å². The number of hydrogen-bond donors (Lipinski definition) is 1. The van der Waals surface area contributed by atoms with Crippen LogP contribution in [0.25, 0.3) is 0 Å². The molecule has 0 fully saturated rings. The first-order chi connectivity index (χ1) is 8.19. The van der Waals surface area contributed by atoms with Crippen molar-refractivity contribution in [3.05, 3.63) is 52.0 Å². The summed E-state index contributed by atoms with van der Waals surface area (Å²) in [5.41, 5.74) is 7.13. The van der Waals surface area contributed by atoms with Crippen LogP contribution in [0, 0.1) is 5.82 Å². The van der Waals surface area contributed by atoms with Crippen LogP contribution in [-0.2, 0) is 6.42 Å². The molecule has 1 aromatic carbocycles. The van der Waals surface area contributed by atoms with E-state index in [0.29, 0.717) is 6.42 Å². The van der Waals surface area contributed by atoms with Crippen molar-refractivity contribution >= 4 is 11.3 Å². The van der Waals surface area contributed by atoms with E-state index in [2.05, 4.69) is 0 Å². The number of hydrogen-bond acceptors (Lipinski definition) is 3. The molecule has 0 spiro atoms. The van der Waals surface area contributed by atoms with Crippen molar-refractivity contribution in [1.29, 1.82) is 0 Å². The standard InChI is InChI=1S/C13H14FNOS/c1-16-11-7-13(17-8-11)12(15)6-9-2-4-10(14)5-3-9/h2-5,7-8,12H,6,15H2,1H3. The van der Waals surface area contributed by atoms with Gasteiger partial charge in [-0.3, -0.25) is 0 Å². The van der Waals surface area contributed by atoms with E-state index in [1.165, 1.54) is 12.1 Å². The Morgan fingerprint density at radius 2 is 2.06 bits per heavy atom. The molecule has 1 unspecified atom stereocenters. The van der Waals surface area contributed by atoms with E-state index >= 15 is 0 Å². The summed E-state index contributed by atoms with van der Waals surface area (Å²) in [4.78, 5) is 1.08. The minimum Gasteiger partial charge on any atom is -0.496 e. The third kappa shape index (κ3) is 3.05. The summed E-state index contributed by atoms with van der Waals surface area (Å²) in [5, 5.41) is 1.93. The Hall–Kier alpha value is -1.39. The second-order valence-electron chi connectivity index (χ2n) is 3.83. The zero-order valence-electron chi connectivity index (χ0n) is 9.52. The molecular weight excluding hydrogens is 237 g/mol. The van der Waals surface area contributed by atoms with Crippen molar-refractivity contribution in [3.8, 4) is 5.75 Å². The molecule has 17 heavy (non-hydrogen) atoms. The van der Waals surface area contributed by atoms with Gasteiger partial charge in [-0.2, -0.15) is 0 Å². The van der Waals surface area contributed by atoms with Crippen molar-refractivity contribution < 1.29 is 9.13 Å². The smallest absolute Gasteiger partial charge is 0.129 e. The number of methoxy groups -OCH3 is 1. The monoisotopic (exact) mass is 251 g/mol. The Kier molecular flexibility index (Phi) is 3.76. The fourth-order valence-electron chi connectivity index (χ4n) is 1.61. The summed E-state index contributed by atoms with van der Waals surface area (Å²) in [6.07, 6.45) is 0.698. The highest BCUT2D eigenvalue weighted by atomic mass is 32.1. The van der Waals surface area contributed by atoms with Gasteiger partial charge in [-0.05, 0) is 30.2 Å². The Bertz CT molecular complexity index is 480. The molecule has 0 saturated carbocycles. The molecule has 0 amide bonds. The van der Waals surface area contributed by atoms with Gasteiger partial charge in [0.05, 0.1) is 7.11 Å². The van der Waals surface area contributed by atoms with Gasteiger partial charge in [-0.25, -0.2) is 4.39 Å². The molecule has 2 N–H and O–H groups in total. The third-order valence-electron chi connectivity index (χ3n) is 2.57. The molecule has 0 aliphatic rings. The van der Waals surface area contributed by atoms with E-state index in [-0.39, 0.29) is 11.9 Å². The van der Waals surface area contributed by atoms with Gasteiger partial charge in [0.2, 0.25) is 0 Å². The molecule has 4 heteroatoms. The molecule has 1 heterocycles. The van der Waals surface area contributed by atoms with E-state index in [1.54, 1.807) is 30.6 Å². The quantitative estimate of drug-likeness (QED) is 0.906. The molecule has 1 atom stereocenters. The van der Waals surface area contributed by atoms with Gasteiger partial charge in [0.25, 0.3) is 0 Å². The van der Waals surface area contributed by atoms with Crippen LogP contribution < -0.4 is 10.5 Å². The van der Waals surface area contributed by atoms with Crippen LogP contribution in [0.5, 0.6) is 5.75 Å². The van der Waals surface area contributed by atoms with Gasteiger partial charge < -0.3 is 10.5 Å². The lowest BCUT2D eigenvalue weighted by Gasteiger charge is -2.09. The predicted molar refractivity (Wildman–Crippen MR) is 67.9 cm³/mol. The van der Waals surface area contributed by atoms with Crippen LogP contribution in [-0.4, -0.2) is 7.11 Å². The van der Waals surface area contributed by atoms with Crippen LogP contribution in [0.3, 0.4) is 0 Å². The van der Waals surface area contributed by atoms with E-state index in [4.69, 9.17) is 10.5 Å². The van der Waals surface area contributed by atoms with Gasteiger partial charge in [0.1, 0.15) is 11.6 Å². The van der Waals surface area contributed by atoms with E-state index in [1.807, 2.05) is 11.4 Å². The highest BCUT2D eigenvalue weighted by Crippen LogP contribution is 2.27. The third-order valence-corrected chi connectivity index (χ3v) is 3.61. The zero-order chi connectivity index (χ0) is 12.3. The predicted octanol–water partition coefficient (Wildman–Crippen LogP) is 3.14. The molecule has 0 aliphatic heterocycles. The van der Waals surface area contributed by atoms with Crippen LogP contribution in [0.4, 0.5) is 4.39 Å². The highest BCUT2D eigenvalue weighted by molar-refractivity contribution is 7.10. The maximum Gasteiger partial charge on any atom is 0.129 e. The first-order valence-electron chi connectivity index (χ1n) is 5.31. The SMILES string of the molecule is COc1csc(C(N)Cc2ccc(F)cc2)c1. The number of benzene rings is 1. The van der Waals surface area contributed by atoms with E-state index < -0.39 is 0 Å². The fourth-order valence-corrected chi connectivity index (χ4v) is 2.47. The van der Waals surface area contributed by atoms with Gasteiger partial charge >= 0.3 is 0 Å². The number of ether oxygens (including phenoxy) is 1. The van der Waals surface area contributed by atoms with Crippen LogP contribution in [0.1, 0.15) is 16.5 Å². The van der Waals surface area contributed by atoms with Gasteiger partial charge in [-0.15, -0.1) is 11.3 Å². The largest absolute Gasteiger partial charge is 0.496 e. The van der Waals surface area contributed by atoms with Crippen LogP contribution in [0.15, 0.2) is 35.7 Å². The number of halogens is 1. The zero-order valence-corrected chi connectivity index (χ0v) is 10.3. The highest BCUT2D eigenvalue weighted by Gasteiger charge is 2.10. The lowest BCUT2D eigenvalue weighted by molar-refractivity contribution is 0.416. The summed E-state index contributed by atoms with van der Waals surface area (Å²) >= 11 is 1.58. The summed E-state index contributed by atoms with van der Waals surface area (Å²) in [6.45, 7) is 0. The second kappa shape index (κ2) is 5.29. The number of rotatable bonds is 4. The molecule has 1 aromatic heterocycles. The average Bonchev–Trinajstić information content (AvgIpc) is 2.81. The minimum absolute atomic E-state index is 0.0747. The van der Waals surface area contributed by atoms with Crippen LogP contribution in [0.2, 0.25) is 0 Å². The summed E-state index contributed by atoms with van der Waals surface area (Å²) < 4.78 is 17.9. The molecule has 0 radical (unpaired) electrons. The molecule has 0 aliphatic carbocycles. The normalized spacial score (nSPS) is 12.4. The minimum atomic E-state index is -0.222. The summed E-state index contributed by atoms with van der Waals surface area (Å²) in [7, 11) is 1.64. The van der Waals surface area contributed by atoms with Crippen molar-refractivity contribution in [3.63, 3.8) is 0 Å². The fraction of sp³-hybridized carbons (Fsp3) is 0.231. The van der Waals surface area contributed by atoms with E-state index in [0.717, 1.165) is 16.2 Å². The van der Waals surface area contributed by atoms with Gasteiger partial charge in [0, 0.05) is 16.3 Å². The van der Waals surface area contributed by atoms with Gasteiger partial charge in [0.15, 0.2) is 0 Å². The van der Waals surface area contributed by atoms with Gasteiger partial charge in [-0.1, -0.05) is 12.1 Å². The van der Waals surface area contributed by atoms with E-state index in [9.17, 15) is 4.39 Å². The number of nitrogens with two attached hydrogens (primary N) is 1. The Morgan fingerprint density at radius 1 is 1.35 bits per heavy atom. The van der Waals surface area contributed by atoms with Crippen molar-refractivity contribution in [2.24, 2.45) is 5.73 Å². The van der Waals surface area contributed by atoms with Crippen molar-refractivity contribution in [1.82, 2.24) is 0 Å². The molecule has 2 nitrogen and oxygen atoms in total. The second-order valence-corrected chi connectivity index (χ2v) is 4.77. The maximum atomic E-state index is 12.8. The topological polar surface area (TPSA) is 35.2 Å². The lowest BCUT2D eigenvalue weighted by atomic mass is 10.1. The molecule has 90 valence electrons. The molecule has 2 aromatic rings. The molecule has 0 saturated heterocycles. The molecule has 2 rings (SSSR count). The maximum absolute atomic E-state index is 12.8. The number of thiophene rings is 1. The summed E-state index contributed by atoms with van der Waals surface area (Å²) in [5.74, 6) is 0.611. The van der Waals surface area contributed by atoms with Crippen LogP contribution >= 0.6 is 11.3 Å². The molecular formula is C13H14FNOS. The Balaban J connectivity index is 2.05. The first kappa shape index (κ1) is 12.1. The lowest BCUT2D eigenvalue weighted by Crippen LogP contribution is -2.11. The first-order valence-corrected chi connectivity index (χ1v) is 6.19. The Morgan fingerprint density at radius 3 is 2.65 bits per heavy atom. The average molecular weight is 251 g/mol.